The number of nitrogens with zero attached hydrogens (tertiary/aromatic N) is 1. The van der Waals surface area contributed by atoms with Crippen LogP contribution in [0.15, 0.2) is 17.8 Å². The summed E-state index contributed by atoms with van der Waals surface area (Å²) in [6, 6.07) is 3.99. The molecule has 0 aliphatic carbocycles. The lowest BCUT2D eigenvalue weighted by Gasteiger charge is -2.11. The summed E-state index contributed by atoms with van der Waals surface area (Å²) in [6.45, 7) is 6.64. The van der Waals surface area contributed by atoms with Crippen molar-refractivity contribution in [2.75, 3.05) is 13.7 Å². The van der Waals surface area contributed by atoms with E-state index >= 15 is 0 Å². The normalized spacial score (nSPS) is 16.6. The quantitative estimate of drug-likeness (QED) is 0.686. The van der Waals surface area contributed by atoms with Gasteiger partial charge >= 0.3 is 0 Å². The van der Waals surface area contributed by atoms with Crippen molar-refractivity contribution in [1.82, 2.24) is 10.2 Å². The van der Waals surface area contributed by atoms with Crippen LogP contribution in [0.25, 0.3) is 6.08 Å². The van der Waals surface area contributed by atoms with E-state index in [1.807, 2.05) is 39.0 Å². The fourth-order valence-electron chi connectivity index (χ4n) is 2.34. The van der Waals surface area contributed by atoms with Crippen molar-refractivity contribution in [1.29, 1.82) is 0 Å². The van der Waals surface area contributed by atoms with Crippen LogP contribution in [0.5, 0.6) is 5.75 Å². The van der Waals surface area contributed by atoms with Crippen molar-refractivity contribution in [2.45, 2.75) is 27.2 Å². The second-order valence-electron chi connectivity index (χ2n) is 5.12. The van der Waals surface area contributed by atoms with E-state index in [9.17, 15) is 4.79 Å². The summed E-state index contributed by atoms with van der Waals surface area (Å²) < 4.78 is 5.31. The summed E-state index contributed by atoms with van der Waals surface area (Å²) in [5, 5.41) is 3.48. The second kappa shape index (κ2) is 6.26. The van der Waals surface area contributed by atoms with Gasteiger partial charge in [-0.2, -0.15) is 0 Å². The van der Waals surface area contributed by atoms with Gasteiger partial charge in [0.1, 0.15) is 11.4 Å². The largest absolute Gasteiger partial charge is 0.496 e. The lowest BCUT2D eigenvalue weighted by atomic mass is 10.0. The average molecular weight is 304 g/mol. The molecule has 1 aromatic rings. The maximum Gasteiger partial charge on any atom is 0.276 e. The lowest BCUT2D eigenvalue weighted by molar-refractivity contribution is -0.122. The van der Waals surface area contributed by atoms with Crippen LogP contribution in [0.4, 0.5) is 0 Å². The topological polar surface area (TPSA) is 41.6 Å². The maximum atomic E-state index is 12.3. The molecule has 0 radical (unpaired) electrons. The van der Waals surface area contributed by atoms with Crippen LogP contribution in [0, 0.1) is 13.8 Å². The van der Waals surface area contributed by atoms with Gasteiger partial charge in [-0.25, -0.2) is 0 Å². The van der Waals surface area contributed by atoms with Crippen LogP contribution in [-0.2, 0) is 4.79 Å². The zero-order valence-corrected chi connectivity index (χ0v) is 13.6. The number of benzene rings is 1. The molecule has 1 aromatic carbocycles. The molecule has 0 atom stereocenters. The van der Waals surface area contributed by atoms with E-state index in [-0.39, 0.29) is 5.91 Å². The monoisotopic (exact) mass is 304 g/mol. The third kappa shape index (κ3) is 3.08. The zero-order chi connectivity index (χ0) is 15.6. The van der Waals surface area contributed by atoms with Crippen LogP contribution in [0.2, 0.25) is 0 Å². The standard InChI is InChI=1S/C16H20N2O2S/c1-5-6-18-15(19)13(17-16(18)21)9-12-7-11(3)14(20-4)8-10(12)2/h7-9H,5-6H2,1-4H3,(H,17,21)/b13-9-. The smallest absolute Gasteiger partial charge is 0.276 e. The Kier molecular flexibility index (Phi) is 4.63. The number of amides is 1. The Bertz CT molecular complexity index is 623. The molecule has 112 valence electrons. The van der Waals surface area contributed by atoms with Gasteiger partial charge in [0, 0.05) is 6.54 Å². The third-order valence-corrected chi connectivity index (χ3v) is 3.82. The molecule has 0 saturated carbocycles. The number of rotatable bonds is 4. The van der Waals surface area contributed by atoms with Gasteiger partial charge in [-0.05, 0) is 67.4 Å². The number of hydrogen-bond donors (Lipinski definition) is 1. The first-order valence-corrected chi connectivity index (χ1v) is 7.38. The van der Waals surface area contributed by atoms with Gasteiger partial charge in [0.25, 0.3) is 5.91 Å². The van der Waals surface area contributed by atoms with E-state index in [0.29, 0.717) is 17.4 Å². The Labute approximate surface area is 130 Å². The summed E-state index contributed by atoms with van der Waals surface area (Å²) >= 11 is 5.21. The van der Waals surface area contributed by atoms with Crippen molar-refractivity contribution in [2.24, 2.45) is 0 Å². The predicted octanol–water partition coefficient (Wildman–Crippen LogP) is 2.78. The van der Waals surface area contributed by atoms with Crippen LogP contribution in [0.1, 0.15) is 30.0 Å². The summed E-state index contributed by atoms with van der Waals surface area (Å²) in [6.07, 6.45) is 2.73. The van der Waals surface area contributed by atoms with E-state index in [0.717, 1.165) is 28.9 Å². The Hall–Kier alpha value is -1.88. The van der Waals surface area contributed by atoms with Gasteiger partial charge in [-0.15, -0.1) is 0 Å². The minimum absolute atomic E-state index is 0.0604. The first-order chi connectivity index (χ1) is 9.97. The molecule has 2 rings (SSSR count). The highest BCUT2D eigenvalue weighted by Gasteiger charge is 2.29. The molecule has 0 unspecified atom stereocenters. The van der Waals surface area contributed by atoms with Gasteiger partial charge in [0.15, 0.2) is 5.11 Å². The number of thiocarbonyl (C=S) groups is 1. The Morgan fingerprint density at radius 3 is 2.67 bits per heavy atom. The Morgan fingerprint density at radius 2 is 2.05 bits per heavy atom. The third-order valence-electron chi connectivity index (χ3n) is 3.49. The second-order valence-corrected chi connectivity index (χ2v) is 5.51. The summed E-state index contributed by atoms with van der Waals surface area (Å²) in [5.41, 5.74) is 3.61. The minimum Gasteiger partial charge on any atom is -0.496 e. The van der Waals surface area contributed by atoms with E-state index in [1.165, 1.54) is 0 Å². The SMILES string of the molecule is CCCN1C(=O)/C(=C/c2cc(C)c(OC)cc2C)NC1=S. The summed E-state index contributed by atoms with van der Waals surface area (Å²) in [7, 11) is 1.66. The van der Waals surface area contributed by atoms with Gasteiger partial charge < -0.3 is 10.1 Å². The predicted molar refractivity (Wildman–Crippen MR) is 88.2 cm³/mol. The zero-order valence-electron chi connectivity index (χ0n) is 12.8. The average Bonchev–Trinajstić information content (AvgIpc) is 2.70. The molecule has 1 heterocycles. The van der Waals surface area contributed by atoms with Gasteiger partial charge in [0.2, 0.25) is 0 Å². The summed E-state index contributed by atoms with van der Waals surface area (Å²) in [4.78, 5) is 13.9. The number of methoxy groups -OCH3 is 1. The molecule has 0 spiro atoms. The number of aryl methyl sites for hydroxylation is 2. The molecular weight excluding hydrogens is 284 g/mol. The van der Waals surface area contributed by atoms with Gasteiger partial charge in [-0.3, -0.25) is 9.69 Å². The minimum atomic E-state index is -0.0604. The number of ether oxygens (including phenoxy) is 1. The molecule has 1 aliphatic heterocycles. The Balaban J connectivity index is 2.35. The molecule has 1 saturated heterocycles. The molecule has 4 nitrogen and oxygen atoms in total. The van der Waals surface area contributed by atoms with Crippen molar-refractivity contribution < 1.29 is 9.53 Å². The first kappa shape index (κ1) is 15.5. The first-order valence-electron chi connectivity index (χ1n) is 6.97. The fourth-order valence-corrected chi connectivity index (χ4v) is 2.63. The highest BCUT2D eigenvalue weighted by Crippen LogP contribution is 2.25. The molecule has 1 amide bonds. The van der Waals surface area contributed by atoms with Gasteiger partial charge in [0.05, 0.1) is 7.11 Å². The number of hydrogen-bond acceptors (Lipinski definition) is 3. The summed E-state index contributed by atoms with van der Waals surface area (Å²) in [5.74, 6) is 0.790. The number of carbonyl (C=O) groups excluding carboxylic acids is 1. The molecule has 1 fully saturated rings. The lowest BCUT2D eigenvalue weighted by Crippen LogP contribution is -2.31. The van der Waals surface area contributed by atoms with E-state index in [4.69, 9.17) is 17.0 Å². The Morgan fingerprint density at radius 1 is 1.33 bits per heavy atom. The molecule has 1 aliphatic rings. The van der Waals surface area contributed by atoms with Crippen LogP contribution < -0.4 is 10.1 Å². The molecule has 5 heteroatoms. The molecule has 0 aromatic heterocycles. The van der Waals surface area contributed by atoms with Gasteiger partial charge in [-0.1, -0.05) is 6.92 Å². The van der Waals surface area contributed by atoms with Crippen molar-refractivity contribution in [3.05, 3.63) is 34.5 Å². The number of nitrogens with one attached hydrogen (secondary N) is 1. The van der Waals surface area contributed by atoms with Crippen LogP contribution >= 0.6 is 12.2 Å². The molecule has 1 N–H and O–H groups in total. The molecule has 21 heavy (non-hydrogen) atoms. The van der Waals surface area contributed by atoms with Crippen LogP contribution in [-0.4, -0.2) is 29.6 Å². The maximum absolute atomic E-state index is 12.3. The van der Waals surface area contributed by atoms with Crippen molar-refractivity contribution in [3.63, 3.8) is 0 Å². The highest BCUT2D eigenvalue weighted by atomic mass is 32.1. The van der Waals surface area contributed by atoms with E-state index in [1.54, 1.807) is 12.0 Å². The van der Waals surface area contributed by atoms with Crippen molar-refractivity contribution in [3.8, 4) is 5.75 Å². The van der Waals surface area contributed by atoms with Crippen LogP contribution in [0.3, 0.4) is 0 Å². The highest BCUT2D eigenvalue weighted by molar-refractivity contribution is 7.80. The number of carbonyl (C=O) groups is 1. The molecular formula is C16H20N2O2S. The van der Waals surface area contributed by atoms with Crippen molar-refractivity contribution >= 4 is 29.3 Å². The fraction of sp³-hybridized carbons (Fsp3) is 0.375. The molecule has 0 bridgehead atoms. The van der Waals surface area contributed by atoms with E-state index < -0.39 is 0 Å². The van der Waals surface area contributed by atoms with E-state index in [2.05, 4.69) is 5.32 Å².